The Morgan fingerprint density at radius 3 is 2.56 bits per heavy atom. The van der Waals surface area contributed by atoms with Gasteiger partial charge in [0.2, 0.25) is 0 Å². The van der Waals surface area contributed by atoms with Crippen molar-refractivity contribution in [1.82, 2.24) is 0 Å². The number of carboxylic acids is 1. The van der Waals surface area contributed by atoms with Gasteiger partial charge >= 0.3 is 11.9 Å². The van der Waals surface area contributed by atoms with E-state index in [-0.39, 0.29) is 17.9 Å². The fourth-order valence-corrected chi connectivity index (χ4v) is 1.15. The van der Waals surface area contributed by atoms with Crippen molar-refractivity contribution in [3.63, 3.8) is 0 Å². The second-order valence-electron chi connectivity index (χ2n) is 2.99. The number of phenols is 1. The van der Waals surface area contributed by atoms with Crippen molar-refractivity contribution >= 4 is 17.6 Å². The molecule has 0 saturated heterocycles. The third-order valence-corrected chi connectivity index (χ3v) is 1.88. The fourth-order valence-electron chi connectivity index (χ4n) is 1.15. The molecule has 4 N–H and O–H groups in total. The van der Waals surface area contributed by atoms with E-state index in [0.717, 1.165) is 6.07 Å². The highest BCUT2D eigenvalue weighted by atomic mass is 16.5. The molecule has 1 aromatic carbocycles. The molecule has 0 amide bonds. The lowest BCUT2D eigenvalue weighted by molar-refractivity contribution is 0.0526. The maximum absolute atomic E-state index is 11.3. The van der Waals surface area contributed by atoms with Gasteiger partial charge in [0, 0.05) is 0 Å². The van der Waals surface area contributed by atoms with E-state index in [1.165, 1.54) is 6.07 Å². The van der Waals surface area contributed by atoms with Crippen LogP contribution in [0.15, 0.2) is 12.1 Å². The Labute approximate surface area is 91.3 Å². The smallest absolute Gasteiger partial charge is 0.339 e. The van der Waals surface area contributed by atoms with Crippen LogP contribution < -0.4 is 5.73 Å². The van der Waals surface area contributed by atoms with E-state index in [9.17, 15) is 14.7 Å². The molecule has 0 unspecified atom stereocenters. The summed E-state index contributed by atoms with van der Waals surface area (Å²) in [7, 11) is 0. The first-order chi connectivity index (χ1) is 7.47. The highest BCUT2D eigenvalue weighted by molar-refractivity contribution is 5.98. The monoisotopic (exact) mass is 225 g/mol. The maximum Gasteiger partial charge on any atom is 0.339 e. The lowest BCUT2D eigenvalue weighted by Gasteiger charge is -2.07. The number of anilines is 1. The van der Waals surface area contributed by atoms with Crippen LogP contribution in [0.5, 0.6) is 5.75 Å². The number of carbonyl (C=O) groups is 2. The highest BCUT2D eigenvalue weighted by Crippen LogP contribution is 2.27. The van der Waals surface area contributed by atoms with Crippen LogP contribution >= 0.6 is 0 Å². The van der Waals surface area contributed by atoms with Gasteiger partial charge in [0.15, 0.2) is 5.75 Å². The van der Waals surface area contributed by atoms with Crippen molar-refractivity contribution in [3.05, 3.63) is 23.3 Å². The Hall–Kier alpha value is -2.24. The zero-order valence-corrected chi connectivity index (χ0v) is 8.56. The summed E-state index contributed by atoms with van der Waals surface area (Å²) in [4.78, 5) is 22.1. The summed E-state index contributed by atoms with van der Waals surface area (Å²) in [6.45, 7) is 1.79. The van der Waals surface area contributed by atoms with Crippen LogP contribution in [0.3, 0.4) is 0 Å². The summed E-state index contributed by atoms with van der Waals surface area (Å²) in [5.74, 6) is -2.60. The minimum Gasteiger partial charge on any atom is -0.505 e. The van der Waals surface area contributed by atoms with E-state index in [1.54, 1.807) is 6.92 Å². The Morgan fingerprint density at radius 2 is 2.06 bits per heavy atom. The summed E-state index contributed by atoms with van der Waals surface area (Å²) in [6.07, 6.45) is 0. The zero-order valence-electron chi connectivity index (χ0n) is 8.56. The number of carbonyl (C=O) groups excluding carboxylic acids is 1. The molecule has 0 bridgehead atoms. The predicted molar refractivity (Wildman–Crippen MR) is 55.4 cm³/mol. The maximum atomic E-state index is 11.3. The van der Waals surface area contributed by atoms with E-state index in [2.05, 4.69) is 4.74 Å². The number of benzene rings is 1. The lowest BCUT2D eigenvalue weighted by atomic mass is 10.1. The van der Waals surface area contributed by atoms with Gasteiger partial charge in [-0.2, -0.15) is 0 Å². The number of aromatic carboxylic acids is 1. The van der Waals surface area contributed by atoms with Crippen molar-refractivity contribution in [2.45, 2.75) is 6.92 Å². The van der Waals surface area contributed by atoms with Gasteiger partial charge in [0.05, 0.1) is 17.9 Å². The number of nitrogen functional groups attached to an aromatic ring is 1. The zero-order chi connectivity index (χ0) is 12.3. The van der Waals surface area contributed by atoms with Gasteiger partial charge in [-0.25, -0.2) is 9.59 Å². The summed E-state index contributed by atoms with van der Waals surface area (Å²) < 4.78 is 4.69. The molecule has 0 saturated carbocycles. The summed E-state index contributed by atoms with van der Waals surface area (Å²) in [5.41, 5.74) is 4.76. The molecule has 6 heteroatoms. The molecule has 6 nitrogen and oxygen atoms in total. The summed E-state index contributed by atoms with van der Waals surface area (Å²) >= 11 is 0. The van der Waals surface area contributed by atoms with Crippen LogP contribution in [-0.2, 0) is 4.74 Å². The first-order valence-corrected chi connectivity index (χ1v) is 4.50. The molecule has 1 aromatic rings. The Balaban J connectivity index is 3.24. The average Bonchev–Trinajstić information content (AvgIpc) is 2.21. The molecule has 1 rings (SSSR count). The minimum atomic E-state index is -1.37. The quantitative estimate of drug-likeness (QED) is 0.399. The van der Waals surface area contributed by atoms with E-state index < -0.39 is 23.3 Å². The third kappa shape index (κ3) is 2.22. The number of hydrogen-bond acceptors (Lipinski definition) is 5. The van der Waals surface area contributed by atoms with Crippen molar-refractivity contribution in [3.8, 4) is 5.75 Å². The van der Waals surface area contributed by atoms with Crippen LogP contribution in [0.1, 0.15) is 27.6 Å². The molecule has 0 atom stereocenters. The second kappa shape index (κ2) is 4.52. The molecule has 0 aliphatic heterocycles. The lowest BCUT2D eigenvalue weighted by Crippen LogP contribution is -2.08. The number of ether oxygens (including phenoxy) is 1. The van der Waals surface area contributed by atoms with Crippen molar-refractivity contribution in [2.75, 3.05) is 12.3 Å². The van der Waals surface area contributed by atoms with Crippen molar-refractivity contribution < 1.29 is 24.5 Å². The van der Waals surface area contributed by atoms with Gasteiger partial charge in [0.1, 0.15) is 5.56 Å². The Kier molecular flexibility index (Phi) is 3.34. The first kappa shape index (κ1) is 11.8. The Bertz CT molecular complexity index is 441. The van der Waals surface area contributed by atoms with Crippen LogP contribution in [0, 0.1) is 0 Å². The molecule has 0 aromatic heterocycles. The molecule has 0 spiro atoms. The molecule has 0 radical (unpaired) electrons. The van der Waals surface area contributed by atoms with Gasteiger partial charge in [-0.3, -0.25) is 0 Å². The van der Waals surface area contributed by atoms with Gasteiger partial charge in [-0.1, -0.05) is 0 Å². The minimum absolute atomic E-state index is 0.00505. The van der Waals surface area contributed by atoms with Crippen LogP contribution in [0.4, 0.5) is 5.69 Å². The number of aromatic hydroxyl groups is 1. The van der Waals surface area contributed by atoms with E-state index in [1.807, 2.05) is 0 Å². The van der Waals surface area contributed by atoms with Crippen LogP contribution in [0.25, 0.3) is 0 Å². The highest BCUT2D eigenvalue weighted by Gasteiger charge is 2.17. The van der Waals surface area contributed by atoms with Crippen molar-refractivity contribution in [2.24, 2.45) is 0 Å². The largest absolute Gasteiger partial charge is 0.505 e. The van der Waals surface area contributed by atoms with Gasteiger partial charge in [0.25, 0.3) is 0 Å². The van der Waals surface area contributed by atoms with E-state index in [0.29, 0.717) is 0 Å². The SMILES string of the molecule is CCOC(=O)c1cc(N)c(O)c(C(=O)O)c1. The number of nitrogens with two attached hydrogens (primary N) is 1. The first-order valence-electron chi connectivity index (χ1n) is 4.50. The molecule has 0 heterocycles. The topological polar surface area (TPSA) is 110 Å². The number of esters is 1. The fraction of sp³-hybridized carbons (Fsp3) is 0.200. The molecule has 86 valence electrons. The molecule has 0 aliphatic carbocycles. The van der Waals surface area contributed by atoms with Gasteiger partial charge in [-0.05, 0) is 19.1 Å². The molecule has 0 fully saturated rings. The van der Waals surface area contributed by atoms with Gasteiger partial charge < -0.3 is 20.7 Å². The van der Waals surface area contributed by atoms with Gasteiger partial charge in [-0.15, -0.1) is 0 Å². The van der Waals surface area contributed by atoms with Crippen molar-refractivity contribution in [1.29, 1.82) is 0 Å². The molecule has 16 heavy (non-hydrogen) atoms. The molecular weight excluding hydrogens is 214 g/mol. The number of rotatable bonds is 3. The average molecular weight is 225 g/mol. The number of carboxylic acid groups (broad SMARTS) is 1. The standard InChI is InChI=1S/C10H11NO5/c1-2-16-10(15)5-3-6(9(13)14)8(12)7(11)4-5/h3-4,12H,2,11H2,1H3,(H,13,14). The predicted octanol–water partition coefficient (Wildman–Crippen LogP) is 0.849. The third-order valence-electron chi connectivity index (χ3n) is 1.88. The summed E-state index contributed by atoms with van der Waals surface area (Å²) in [5, 5.41) is 18.1. The van der Waals surface area contributed by atoms with Crippen LogP contribution in [-0.4, -0.2) is 28.8 Å². The normalized spacial score (nSPS) is 9.81. The van der Waals surface area contributed by atoms with E-state index in [4.69, 9.17) is 10.8 Å². The molecular formula is C10H11NO5. The van der Waals surface area contributed by atoms with Crippen LogP contribution in [0.2, 0.25) is 0 Å². The molecule has 0 aliphatic rings. The van der Waals surface area contributed by atoms with E-state index >= 15 is 0 Å². The summed E-state index contributed by atoms with van der Waals surface area (Å²) in [6, 6.07) is 2.19. The Morgan fingerprint density at radius 1 is 1.44 bits per heavy atom. The second-order valence-corrected chi connectivity index (χ2v) is 2.99. The number of hydrogen-bond donors (Lipinski definition) is 3.